The molecular weight excluding hydrogens is 328 g/mol. The van der Waals surface area contributed by atoms with Crippen LogP contribution in [0.1, 0.15) is 24.1 Å². The smallest absolute Gasteiger partial charge is 0.223 e. The van der Waals surface area contributed by atoms with E-state index < -0.39 is 0 Å². The number of hydrogen-bond acceptors (Lipinski definition) is 4. The predicted molar refractivity (Wildman–Crippen MR) is 98.5 cm³/mol. The number of fused-ring (bicyclic) bond motifs is 1. The van der Waals surface area contributed by atoms with Gasteiger partial charge in [0.2, 0.25) is 5.91 Å². The number of hydrogen-bond donors (Lipinski definition) is 1. The van der Waals surface area contributed by atoms with E-state index >= 15 is 0 Å². The molecule has 0 aromatic carbocycles. The number of piperidine rings is 1. The number of likely N-dealkylation sites (tertiary alicyclic amines) is 1. The first kappa shape index (κ1) is 17.2. The molecule has 2 fully saturated rings. The molecule has 138 valence electrons. The first-order valence-electron chi connectivity index (χ1n) is 9.44. The average molecular weight is 354 g/mol. The van der Waals surface area contributed by atoms with E-state index in [-0.39, 0.29) is 18.1 Å². The van der Waals surface area contributed by atoms with Gasteiger partial charge in [-0.1, -0.05) is 0 Å². The molecule has 2 aromatic rings. The lowest BCUT2D eigenvalue weighted by atomic mass is 9.97. The van der Waals surface area contributed by atoms with Crippen molar-refractivity contribution in [3.05, 3.63) is 54.1 Å². The molecule has 6 nitrogen and oxygen atoms in total. The molecule has 0 bridgehead atoms. The van der Waals surface area contributed by atoms with E-state index in [4.69, 9.17) is 4.74 Å². The van der Waals surface area contributed by atoms with Gasteiger partial charge in [0.25, 0.3) is 0 Å². The van der Waals surface area contributed by atoms with Gasteiger partial charge in [-0.2, -0.15) is 0 Å². The maximum Gasteiger partial charge on any atom is 0.223 e. The highest BCUT2D eigenvalue weighted by Gasteiger charge is 2.38. The van der Waals surface area contributed by atoms with Crippen molar-refractivity contribution in [2.24, 2.45) is 0 Å². The molecule has 1 N–H and O–H groups in total. The number of ether oxygens (including phenoxy) is 1. The van der Waals surface area contributed by atoms with Crippen LogP contribution in [0.2, 0.25) is 0 Å². The lowest BCUT2D eigenvalue weighted by molar-refractivity contribution is -0.143. The molecule has 0 radical (unpaired) electrons. The Hall–Kier alpha value is -2.18. The molecule has 2 aromatic heterocycles. The number of aryl methyl sites for hydroxylation is 1. The van der Waals surface area contributed by atoms with Crippen LogP contribution in [0.4, 0.5) is 0 Å². The molecule has 2 saturated heterocycles. The van der Waals surface area contributed by atoms with Gasteiger partial charge in [-0.25, -0.2) is 0 Å². The monoisotopic (exact) mass is 354 g/mol. The van der Waals surface area contributed by atoms with Crippen LogP contribution in [0, 0.1) is 0 Å². The number of rotatable bonds is 5. The average Bonchev–Trinajstić information content (AvgIpc) is 3.20. The molecule has 0 spiro atoms. The van der Waals surface area contributed by atoms with Crippen LogP contribution in [0.25, 0.3) is 0 Å². The van der Waals surface area contributed by atoms with Crippen LogP contribution in [-0.4, -0.2) is 64.1 Å². The summed E-state index contributed by atoms with van der Waals surface area (Å²) in [5.41, 5.74) is 2.38. The van der Waals surface area contributed by atoms with Gasteiger partial charge in [0.1, 0.15) is 0 Å². The van der Waals surface area contributed by atoms with Crippen molar-refractivity contribution in [3.8, 4) is 0 Å². The molecule has 0 saturated carbocycles. The summed E-state index contributed by atoms with van der Waals surface area (Å²) >= 11 is 0. The Morgan fingerprint density at radius 2 is 2.15 bits per heavy atom. The minimum absolute atomic E-state index is 0.234. The second-order valence-corrected chi connectivity index (χ2v) is 7.13. The minimum atomic E-state index is 0.234. The summed E-state index contributed by atoms with van der Waals surface area (Å²) < 4.78 is 6.00. The first-order valence-corrected chi connectivity index (χ1v) is 9.44. The quantitative estimate of drug-likeness (QED) is 0.890. The summed E-state index contributed by atoms with van der Waals surface area (Å²) in [5.74, 6) is 0.243. The van der Waals surface area contributed by atoms with Crippen LogP contribution in [0.5, 0.6) is 0 Å². The van der Waals surface area contributed by atoms with Gasteiger partial charge < -0.3 is 14.6 Å². The summed E-state index contributed by atoms with van der Waals surface area (Å²) in [4.78, 5) is 24.4. The number of aromatic nitrogens is 2. The Morgan fingerprint density at radius 3 is 2.96 bits per heavy atom. The fraction of sp³-hybridized carbons (Fsp3) is 0.500. The zero-order valence-corrected chi connectivity index (χ0v) is 15.0. The van der Waals surface area contributed by atoms with Crippen molar-refractivity contribution in [3.63, 3.8) is 0 Å². The summed E-state index contributed by atoms with van der Waals surface area (Å²) in [7, 11) is 0. The van der Waals surface area contributed by atoms with E-state index in [9.17, 15) is 4.79 Å². The lowest BCUT2D eigenvalue weighted by Crippen LogP contribution is -2.60. The molecule has 2 aliphatic rings. The van der Waals surface area contributed by atoms with Crippen molar-refractivity contribution in [1.29, 1.82) is 0 Å². The van der Waals surface area contributed by atoms with Crippen molar-refractivity contribution < 1.29 is 9.53 Å². The third-order valence-corrected chi connectivity index (χ3v) is 5.46. The largest absolute Gasteiger partial charge is 0.375 e. The Bertz CT molecular complexity index is 704. The molecule has 1 amide bonds. The highest BCUT2D eigenvalue weighted by molar-refractivity contribution is 5.76. The summed E-state index contributed by atoms with van der Waals surface area (Å²) in [6.07, 6.45) is 8.07. The van der Waals surface area contributed by atoms with Gasteiger partial charge in [-0.3, -0.25) is 14.7 Å². The molecule has 4 rings (SSSR count). The number of carbonyl (C=O) groups is 1. The van der Waals surface area contributed by atoms with E-state index in [1.165, 1.54) is 5.56 Å². The maximum absolute atomic E-state index is 12.7. The molecule has 0 aliphatic carbocycles. The van der Waals surface area contributed by atoms with Crippen LogP contribution in [0.3, 0.4) is 0 Å². The SMILES string of the molecule is O=C(CCc1ccc[nH]1)N1CC[C@@H]2OCCN(Cc3ccncc3)[C@H]2C1. The molecular formula is C20H26N4O2. The van der Waals surface area contributed by atoms with Gasteiger partial charge in [-0.15, -0.1) is 0 Å². The zero-order valence-electron chi connectivity index (χ0n) is 15.0. The normalized spacial score (nSPS) is 23.6. The highest BCUT2D eigenvalue weighted by Crippen LogP contribution is 2.25. The number of carbonyl (C=O) groups excluding carboxylic acids is 1. The third-order valence-electron chi connectivity index (χ3n) is 5.46. The topological polar surface area (TPSA) is 61.5 Å². The van der Waals surface area contributed by atoms with Crippen molar-refractivity contribution in [1.82, 2.24) is 19.8 Å². The number of aromatic amines is 1. The molecule has 2 atom stereocenters. The molecule has 2 aliphatic heterocycles. The highest BCUT2D eigenvalue weighted by atomic mass is 16.5. The Balaban J connectivity index is 1.37. The van der Waals surface area contributed by atoms with Crippen LogP contribution < -0.4 is 0 Å². The van der Waals surface area contributed by atoms with Gasteiger partial charge in [0, 0.05) is 56.9 Å². The second-order valence-electron chi connectivity index (χ2n) is 7.13. The number of nitrogens with zero attached hydrogens (tertiary/aromatic N) is 3. The lowest BCUT2D eigenvalue weighted by Gasteiger charge is -2.47. The van der Waals surface area contributed by atoms with Crippen molar-refractivity contribution in [2.75, 3.05) is 26.2 Å². The Labute approximate surface area is 154 Å². The van der Waals surface area contributed by atoms with Crippen LogP contribution in [-0.2, 0) is 22.5 Å². The standard InChI is InChI=1S/C20H26N4O2/c25-20(4-3-17-2-1-8-22-17)24-11-7-19-18(15-24)23(12-13-26-19)14-16-5-9-21-10-6-16/h1-2,5-6,8-10,18-19,22H,3-4,7,11-15H2/t18-,19-/m0/s1. The Morgan fingerprint density at radius 1 is 1.27 bits per heavy atom. The third kappa shape index (κ3) is 3.97. The van der Waals surface area contributed by atoms with Crippen LogP contribution >= 0.6 is 0 Å². The van der Waals surface area contributed by atoms with E-state index in [0.29, 0.717) is 6.42 Å². The second kappa shape index (κ2) is 8.01. The molecule has 26 heavy (non-hydrogen) atoms. The molecule has 0 unspecified atom stereocenters. The molecule has 4 heterocycles. The van der Waals surface area contributed by atoms with Crippen molar-refractivity contribution in [2.45, 2.75) is 38.0 Å². The fourth-order valence-corrected chi connectivity index (χ4v) is 4.01. The fourth-order valence-electron chi connectivity index (χ4n) is 4.01. The number of nitrogens with one attached hydrogen (secondary N) is 1. The predicted octanol–water partition coefficient (Wildman–Crippen LogP) is 1.84. The van der Waals surface area contributed by atoms with Gasteiger partial charge in [-0.05, 0) is 42.7 Å². The van der Waals surface area contributed by atoms with E-state index in [1.54, 1.807) is 0 Å². The Kier molecular flexibility index (Phi) is 5.32. The van der Waals surface area contributed by atoms with Gasteiger partial charge in [0.05, 0.1) is 18.8 Å². The number of morpholine rings is 1. The molecule has 6 heteroatoms. The summed E-state index contributed by atoms with van der Waals surface area (Å²) in [5, 5.41) is 0. The maximum atomic E-state index is 12.7. The van der Waals surface area contributed by atoms with E-state index in [1.807, 2.05) is 35.6 Å². The summed E-state index contributed by atoms with van der Waals surface area (Å²) in [6.45, 7) is 4.13. The van der Waals surface area contributed by atoms with Crippen LogP contribution in [0.15, 0.2) is 42.9 Å². The summed E-state index contributed by atoms with van der Waals surface area (Å²) in [6, 6.07) is 8.41. The zero-order chi connectivity index (χ0) is 17.8. The number of pyridine rings is 1. The van der Waals surface area contributed by atoms with Gasteiger partial charge in [0.15, 0.2) is 0 Å². The minimum Gasteiger partial charge on any atom is -0.375 e. The number of amides is 1. The van der Waals surface area contributed by atoms with Crippen molar-refractivity contribution >= 4 is 5.91 Å². The first-order chi connectivity index (χ1) is 12.8. The van der Waals surface area contributed by atoms with E-state index in [2.05, 4.69) is 27.0 Å². The van der Waals surface area contributed by atoms with E-state index in [0.717, 1.165) is 51.3 Å². The van der Waals surface area contributed by atoms with Gasteiger partial charge >= 0.3 is 0 Å². The number of H-pyrrole nitrogens is 1.